The maximum atomic E-state index is 11.6. The summed E-state index contributed by atoms with van der Waals surface area (Å²) in [6.07, 6.45) is 2.61. The number of carbonyl (C=O) groups excluding carboxylic acids is 2. The fraction of sp³-hybridized carbons (Fsp3) is 0.500. The first-order chi connectivity index (χ1) is 7.10. The minimum Gasteiger partial charge on any atom is -0.478 e. The Kier molecular flexibility index (Phi) is 1.92. The number of ether oxygens (including phenoxy) is 1. The van der Waals surface area contributed by atoms with E-state index in [2.05, 4.69) is 4.74 Å². The first kappa shape index (κ1) is 9.89. The van der Waals surface area contributed by atoms with E-state index >= 15 is 0 Å². The number of aldehydes is 1. The molecule has 0 aromatic carbocycles. The lowest BCUT2D eigenvalue weighted by Gasteiger charge is -2.12. The first-order valence-electron chi connectivity index (χ1n) is 4.58. The zero-order chi connectivity index (χ0) is 11.2. The van der Waals surface area contributed by atoms with Crippen molar-refractivity contribution in [2.45, 2.75) is 6.42 Å². The molecule has 3 atom stereocenters. The standard InChI is InChI=1S/C10H10O5/c1-15-9(14)10-5(7(10)4-11)2-3-6(10)8(12)13/h3-5,7H,2H2,1H3,(H,12,13)/t5-,7+,10-/m1/s1. The van der Waals surface area contributed by atoms with Crippen LogP contribution in [0.2, 0.25) is 0 Å². The van der Waals surface area contributed by atoms with Crippen molar-refractivity contribution < 1.29 is 24.2 Å². The molecule has 1 N–H and O–H groups in total. The summed E-state index contributed by atoms with van der Waals surface area (Å²) < 4.78 is 4.59. The van der Waals surface area contributed by atoms with Crippen LogP contribution in [0.3, 0.4) is 0 Å². The molecule has 0 saturated heterocycles. The number of methoxy groups -OCH3 is 1. The molecule has 0 radical (unpaired) electrons. The van der Waals surface area contributed by atoms with Gasteiger partial charge in [-0.2, -0.15) is 0 Å². The van der Waals surface area contributed by atoms with Crippen LogP contribution in [0.1, 0.15) is 6.42 Å². The van der Waals surface area contributed by atoms with Gasteiger partial charge < -0.3 is 14.6 Å². The molecule has 80 valence electrons. The van der Waals surface area contributed by atoms with Crippen LogP contribution in [0.4, 0.5) is 0 Å². The third-order valence-electron chi connectivity index (χ3n) is 3.36. The molecule has 0 heterocycles. The van der Waals surface area contributed by atoms with Crippen molar-refractivity contribution in [2.24, 2.45) is 17.3 Å². The van der Waals surface area contributed by atoms with Gasteiger partial charge in [-0.3, -0.25) is 4.79 Å². The molecule has 0 aromatic heterocycles. The Labute approximate surface area is 85.7 Å². The van der Waals surface area contributed by atoms with Crippen molar-refractivity contribution >= 4 is 18.2 Å². The molecule has 2 aliphatic carbocycles. The van der Waals surface area contributed by atoms with Crippen LogP contribution in [-0.2, 0) is 19.1 Å². The third-order valence-corrected chi connectivity index (χ3v) is 3.36. The molecular weight excluding hydrogens is 200 g/mol. The number of hydrogen-bond donors (Lipinski definition) is 1. The lowest BCUT2D eigenvalue weighted by Crippen LogP contribution is -2.26. The third kappa shape index (κ3) is 0.948. The van der Waals surface area contributed by atoms with E-state index < -0.39 is 23.3 Å². The van der Waals surface area contributed by atoms with Gasteiger partial charge in [0.2, 0.25) is 0 Å². The molecular formula is C10H10O5. The summed E-state index contributed by atoms with van der Waals surface area (Å²) in [5.74, 6) is -2.50. The molecule has 5 nitrogen and oxygen atoms in total. The van der Waals surface area contributed by atoms with E-state index in [0.29, 0.717) is 12.7 Å². The number of carboxylic acid groups (broad SMARTS) is 1. The number of hydrogen-bond acceptors (Lipinski definition) is 4. The number of carbonyl (C=O) groups is 3. The van der Waals surface area contributed by atoms with Gasteiger partial charge in [0.25, 0.3) is 0 Å². The summed E-state index contributed by atoms with van der Waals surface area (Å²) in [7, 11) is 1.20. The highest BCUT2D eigenvalue weighted by Crippen LogP contribution is 2.68. The average molecular weight is 210 g/mol. The number of aliphatic carboxylic acids is 1. The highest BCUT2D eigenvalue weighted by atomic mass is 16.5. The fourth-order valence-electron chi connectivity index (χ4n) is 2.65. The van der Waals surface area contributed by atoms with Crippen LogP contribution in [0.15, 0.2) is 11.6 Å². The number of carboxylic acids is 1. The summed E-state index contributed by atoms with van der Waals surface area (Å²) in [6, 6.07) is 0. The SMILES string of the molecule is COC(=O)[C@@]12C(C(=O)O)=CC[C@@H]1[C@@H]2C=O. The van der Waals surface area contributed by atoms with Crippen molar-refractivity contribution in [3.63, 3.8) is 0 Å². The number of allylic oxidation sites excluding steroid dienone is 1. The van der Waals surface area contributed by atoms with Gasteiger partial charge in [-0.1, -0.05) is 6.08 Å². The summed E-state index contributed by atoms with van der Waals surface area (Å²) >= 11 is 0. The second kappa shape index (κ2) is 2.92. The molecule has 0 amide bonds. The topological polar surface area (TPSA) is 80.7 Å². The average Bonchev–Trinajstić information content (AvgIpc) is 2.69. The molecule has 15 heavy (non-hydrogen) atoms. The van der Waals surface area contributed by atoms with E-state index in [1.807, 2.05) is 0 Å². The van der Waals surface area contributed by atoms with Crippen LogP contribution in [0.25, 0.3) is 0 Å². The predicted octanol–water partition coefficient (Wildman–Crippen LogP) is 0.00540. The lowest BCUT2D eigenvalue weighted by atomic mass is 9.94. The zero-order valence-corrected chi connectivity index (χ0v) is 8.10. The van der Waals surface area contributed by atoms with Crippen molar-refractivity contribution in [1.29, 1.82) is 0 Å². The Morgan fingerprint density at radius 1 is 1.67 bits per heavy atom. The molecule has 0 unspecified atom stereocenters. The van der Waals surface area contributed by atoms with Gasteiger partial charge in [0.1, 0.15) is 11.7 Å². The lowest BCUT2D eigenvalue weighted by molar-refractivity contribution is -0.149. The molecule has 0 bridgehead atoms. The molecule has 2 rings (SSSR count). The summed E-state index contributed by atoms with van der Waals surface area (Å²) in [6.45, 7) is 0. The van der Waals surface area contributed by atoms with Crippen LogP contribution in [-0.4, -0.2) is 30.4 Å². The second-order valence-corrected chi connectivity index (χ2v) is 3.79. The van der Waals surface area contributed by atoms with Crippen LogP contribution in [0, 0.1) is 17.3 Å². The van der Waals surface area contributed by atoms with Gasteiger partial charge in [-0.15, -0.1) is 0 Å². The molecule has 0 aromatic rings. The molecule has 0 aliphatic heterocycles. The minimum absolute atomic E-state index is 0.0106. The fourth-order valence-corrected chi connectivity index (χ4v) is 2.65. The number of rotatable bonds is 3. The first-order valence-corrected chi connectivity index (χ1v) is 4.58. The van der Waals surface area contributed by atoms with Crippen LogP contribution < -0.4 is 0 Å². The van der Waals surface area contributed by atoms with Gasteiger partial charge in [0.15, 0.2) is 0 Å². The summed E-state index contributed by atoms with van der Waals surface area (Å²) in [4.78, 5) is 33.3. The molecule has 2 aliphatic rings. The van der Waals surface area contributed by atoms with E-state index in [9.17, 15) is 14.4 Å². The number of fused-ring (bicyclic) bond motifs is 1. The highest BCUT2D eigenvalue weighted by molar-refractivity contribution is 6.04. The number of esters is 1. The van der Waals surface area contributed by atoms with E-state index in [1.165, 1.54) is 13.2 Å². The normalized spacial score (nSPS) is 36.5. The monoisotopic (exact) mass is 210 g/mol. The smallest absolute Gasteiger partial charge is 0.332 e. The maximum absolute atomic E-state index is 11.6. The molecule has 1 fully saturated rings. The van der Waals surface area contributed by atoms with E-state index in [4.69, 9.17) is 5.11 Å². The minimum atomic E-state index is -1.19. The van der Waals surface area contributed by atoms with Crippen LogP contribution >= 0.6 is 0 Å². The van der Waals surface area contributed by atoms with Gasteiger partial charge in [-0.25, -0.2) is 4.79 Å². The van der Waals surface area contributed by atoms with Crippen molar-refractivity contribution in [1.82, 2.24) is 0 Å². The van der Waals surface area contributed by atoms with E-state index in [-0.39, 0.29) is 11.5 Å². The van der Waals surface area contributed by atoms with Gasteiger partial charge >= 0.3 is 11.9 Å². The summed E-state index contributed by atoms with van der Waals surface area (Å²) in [5, 5.41) is 8.94. The summed E-state index contributed by atoms with van der Waals surface area (Å²) in [5.41, 5.74) is -1.18. The Morgan fingerprint density at radius 3 is 2.73 bits per heavy atom. The van der Waals surface area contributed by atoms with Crippen molar-refractivity contribution in [2.75, 3.05) is 7.11 Å². The van der Waals surface area contributed by atoms with E-state index in [1.54, 1.807) is 0 Å². The van der Waals surface area contributed by atoms with Gasteiger partial charge in [-0.05, 0) is 12.3 Å². The Balaban J connectivity index is 2.41. The van der Waals surface area contributed by atoms with Gasteiger partial charge in [0, 0.05) is 5.92 Å². The zero-order valence-electron chi connectivity index (χ0n) is 8.10. The predicted molar refractivity (Wildman–Crippen MR) is 47.8 cm³/mol. The van der Waals surface area contributed by atoms with Crippen molar-refractivity contribution in [3.05, 3.63) is 11.6 Å². The molecule has 0 spiro atoms. The maximum Gasteiger partial charge on any atom is 0.332 e. The van der Waals surface area contributed by atoms with E-state index in [0.717, 1.165) is 0 Å². The Bertz CT molecular complexity index is 383. The van der Waals surface area contributed by atoms with Gasteiger partial charge in [0.05, 0.1) is 12.7 Å². The second-order valence-electron chi connectivity index (χ2n) is 3.79. The highest BCUT2D eigenvalue weighted by Gasteiger charge is 2.75. The molecule has 5 heteroatoms. The Hall–Kier alpha value is -1.65. The molecule has 1 saturated carbocycles. The Morgan fingerprint density at radius 2 is 2.33 bits per heavy atom. The van der Waals surface area contributed by atoms with Crippen molar-refractivity contribution in [3.8, 4) is 0 Å². The quantitative estimate of drug-likeness (QED) is 0.524. The largest absolute Gasteiger partial charge is 0.478 e. The van der Waals surface area contributed by atoms with Crippen LogP contribution in [0.5, 0.6) is 0 Å².